The van der Waals surface area contributed by atoms with E-state index < -0.39 is 115 Å². The Hall–Kier alpha value is -3.09. The topological polar surface area (TPSA) is 203 Å². The number of methoxy groups -OCH3 is 1. The number of aliphatic hydroxyl groups excluding tert-OH is 1. The van der Waals surface area contributed by atoms with Gasteiger partial charge in [-0.2, -0.15) is 0 Å². The zero-order valence-electron chi connectivity index (χ0n) is 37.4. The maximum atomic E-state index is 13.4. The van der Waals surface area contributed by atoms with E-state index in [4.69, 9.17) is 37.9 Å². The van der Waals surface area contributed by atoms with E-state index in [1.54, 1.807) is 71.8 Å². The van der Waals surface area contributed by atoms with E-state index in [0.29, 0.717) is 19.1 Å². The van der Waals surface area contributed by atoms with Crippen LogP contribution >= 0.6 is 0 Å². The van der Waals surface area contributed by atoms with E-state index in [1.807, 2.05) is 20.8 Å². The SMILES string of the molecule is CCCC(=O)OC1CC(=O)OC(C)CC=CC=CC(=O)C(C)CC(CC=O)C(OC2OC(C)C(OC3CC(C)(O)C(OC(=O)CC(C)C)C(C)O3)C(N(C)C)C2O)C1OC. The molecule has 0 bridgehead atoms. The molecule has 3 heterocycles. The Kier molecular flexibility index (Phi) is 20.5. The minimum absolute atomic E-state index is 0.0525. The molecule has 0 amide bonds. The fourth-order valence-corrected chi connectivity index (χ4v) is 8.20. The van der Waals surface area contributed by atoms with E-state index in [1.165, 1.54) is 13.2 Å². The van der Waals surface area contributed by atoms with Crippen LogP contribution in [-0.4, -0.2) is 145 Å². The molecule has 2 N–H and O–H groups in total. The van der Waals surface area contributed by atoms with Crippen molar-refractivity contribution in [2.24, 2.45) is 17.8 Å². The van der Waals surface area contributed by atoms with Crippen LogP contribution in [0.15, 0.2) is 24.3 Å². The van der Waals surface area contributed by atoms with Crippen LogP contribution in [0, 0.1) is 17.8 Å². The number of ether oxygens (including phenoxy) is 8. The van der Waals surface area contributed by atoms with Gasteiger partial charge in [-0.05, 0) is 72.5 Å². The highest BCUT2D eigenvalue weighted by Crippen LogP contribution is 2.37. The van der Waals surface area contributed by atoms with Crippen molar-refractivity contribution in [3.63, 3.8) is 0 Å². The first-order valence-corrected chi connectivity index (χ1v) is 21.3. The predicted octanol–water partition coefficient (Wildman–Crippen LogP) is 4.00. The number of cyclic esters (lactones) is 1. The summed E-state index contributed by atoms with van der Waals surface area (Å²) in [5.74, 6) is -3.18. The van der Waals surface area contributed by atoms with Gasteiger partial charge in [-0.25, -0.2) is 0 Å². The van der Waals surface area contributed by atoms with Crippen LogP contribution in [0.5, 0.6) is 0 Å². The number of aliphatic hydroxyl groups is 2. The largest absolute Gasteiger partial charge is 0.462 e. The number of aldehydes is 1. The molecule has 0 aliphatic carbocycles. The molecule has 15 unspecified atom stereocenters. The number of esters is 3. The fourth-order valence-electron chi connectivity index (χ4n) is 8.20. The van der Waals surface area contributed by atoms with Gasteiger partial charge in [0.2, 0.25) is 0 Å². The quantitative estimate of drug-likeness (QED) is 0.144. The maximum Gasteiger partial charge on any atom is 0.309 e. The monoisotopic (exact) mass is 853 g/mol. The van der Waals surface area contributed by atoms with Crippen LogP contribution in [0.1, 0.15) is 107 Å². The number of rotatable bonds is 14. The first kappa shape index (κ1) is 51.3. The third kappa shape index (κ3) is 14.8. The summed E-state index contributed by atoms with van der Waals surface area (Å²) in [5, 5.41) is 23.6. The molecule has 3 aliphatic rings. The average Bonchev–Trinajstić information content (AvgIpc) is 3.13. The molecule has 0 saturated carbocycles. The second kappa shape index (κ2) is 23.9. The molecule has 15 atom stereocenters. The van der Waals surface area contributed by atoms with Crippen molar-refractivity contribution < 1.29 is 72.1 Å². The number of allylic oxidation sites excluding steroid dienone is 3. The molecule has 342 valence electrons. The molecule has 0 radical (unpaired) electrons. The molecule has 16 heteroatoms. The van der Waals surface area contributed by atoms with Gasteiger partial charge in [0, 0.05) is 45.1 Å². The third-order valence-electron chi connectivity index (χ3n) is 11.2. The smallest absolute Gasteiger partial charge is 0.309 e. The van der Waals surface area contributed by atoms with E-state index in [-0.39, 0.29) is 43.8 Å². The summed E-state index contributed by atoms with van der Waals surface area (Å²) in [6, 6.07) is -0.797. The Morgan fingerprint density at radius 3 is 2.30 bits per heavy atom. The highest BCUT2D eigenvalue weighted by molar-refractivity contribution is 5.91. The van der Waals surface area contributed by atoms with Crippen molar-refractivity contribution in [1.29, 1.82) is 0 Å². The van der Waals surface area contributed by atoms with Crippen LogP contribution in [0.2, 0.25) is 0 Å². The number of carbonyl (C=O) groups is 5. The first-order chi connectivity index (χ1) is 28.2. The standard InChI is InChI=1S/C44H71NO15/c1-12-16-33(48)57-32-23-35(50)54-27(5)17-14-13-15-18-31(47)26(4)22-30(19-20-46)40(41(32)53-11)60-43-38(51)37(45(9)10)39(28(6)56-43)59-36-24-44(8,52)42(29(7)55-36)58-34(49)21-25(2)3/h13-15,18,20,25-30,32,36-43,51-52H,12,16-17,19,21-24H2,1-11H3. The number of hydrogen-bond donors (Lipinski definition) is 2. The van der Waals surface area contributed by atoms with E-state index in [9.17, 15) is 34.2 Å². The second-order valence-corrected chi connectivity index (χ2v) is 17.4. The first-order valence-electron chi connectivity index (χ1n) is 21.3. The van der Waals surface area contributed by atoms with E-state index in [2.05, 4.69) is 0 Å². The molecule has 2 fully saturated rings. The van der Waals surface area contributed by atoms with Gasteiger partial charge >= 0.3 is 17.9 Å². The van der Waals surface area contributed by atoms with E-state index >= 15 is 0 Å². The van der Waals surface area contributed by atoms with Crippen molar-refractivity contribution in [2.75, 3.05) is 21.2 Å². The molecule has 0 aromatic carbocycles. The van der Waals surface area contributed by atoms with Gasteiger partial charge < -0.3 is 57.8 Å². The molecule has 0 spiro atoms. The summed E-state index contributed by atoms with van der Waals surface area (Å²) in [5.41, 5.74) is -1.51. The Morgan fingerprint density at radius 1 is 1.00 bits per heavy atom. The summed E-state index contributed by atoms with van der Waals surface area (Å²) >= 11 is 0. The fraction of sp³-hybridized carbons (Fsp3) is 0.795. The highest BCUT2D eigenvalue weighted by atomic mass is 16.7. The lowest BCUT2D eigenvalue weighted by Crippen LogP contribution is -2.66. The summed E-state index contributed by atoms with van der Waals surface area (Å²) in [6.07, 6.45) is -3.43. The van der Waals surface area contributed by atoms with Crippen LogP contribution in [-0.2, 0) is 61.9 Å². The van der Waals surface area contributed by atoms with Crippen LogP contribution < -0.4 is 0 Å². The summed E-state index contributed by atoms with van der Waals surface area (Å²) in [7, 11) is 4.85. The summed E-state index contributed by atoms with van der Waals surface area (Å²) < 4.78 is 49.0. The van der Waals surface area contributed by atoms with Gasteiger partial charge in [0.15, 0.2) is 24.5 Å². The predicted molar refractivity (Wildman–Crippen MR) is 218 cm³/mol. The van der Waals surface area contributed by atoms with Gasteiger partial charge in [0.25, 0.3) is 0 Å². The number of carbonyl (C=O) groups excluding carboxylic acids is 5. The zero-order valence-corrected chi connectivity index (χ0v) is 37.4. The van der Waals surface area contributed by atoms with Gasteiger partial charge in [0.1, 0.15) is 42.4 Å². The molecule has 0 aromatic heterocycles. The lowest BCUT2D eigenvalue weighted by atomic mass is 9.83. The van der Waals surface area contributed by atoms with Crippen molar-refractivity contribution in [3.05, 3.63) is 24.3 Å². The number of hydrogen-bond acceptors (Lipinski definition) is 16. The summed E-state index contributed by atoms with van der Waals surface area (Å²) in [4.78, 5) is 66.4. The normalized spacial score (nSPS) is 37.5. The molecule has 60 heavy (non-hydrogen) atoms. The minimum Gasteiger partial charge on any atom is -0.462 e. The van der Waals surface area contributed by atoms with Crippen molar-refractivity contribution in [2.45, 2.75) is 186 Å². The average molecular weight is 854 g/mol. The molecule has 3 aliphatic heterocycles. The molecular weight excluding hydrogens is 782 g/mol. The molecule has 3 rings (SSSR count). The minimum atomic E-state index is -1.51. The number of likely N-dealkylation sites (N-methyl/N-ethyl adjacent to an activating group) is 1. The van der Waals surface area contributed by atoms with Gasteiger partial charge in [0.05, 0.1) is 30.8 Å². The van der Waals surface area contributed by atoms with Gasteiger partial charge in [-0.1, -0.05) is 45.9 Å². The van der Waals surface area contributed by atoms with E-state index in [0.717, 1.165) is 0 Å². The van der Waals surface area contributed by atoms with Crippen molar-refractivity contribution in [3.8, 4) is 0 Å². The highest BCUT2D eigenvalue weighted by Gasteiger charge is 2.53. The lowest BCUT2D eigenvalue weighted by molar-refractivity contribution is -0.344. The molecular formula is C44H71NO15. The zero-order chi connectivity index (χ0) is 44.9. The number of ketones is 1. The molecule has 16 nitrogen and oxygen atoms in total. The van der Waals surface area contributed by atoms with Gasteiger partial charge in [-0.3, -0.25) is 19.2 Å². The number of nitrogens with zero attached hydrogens (tertiary/aromatic N) is 1. The van der Waals surface area contributed by atoms with Crippen molar-refractivity contribution >= 4 is 30.0 Å². The van der Waals surface area contributed by atoms with Crippen LogP contribution in [0.25, 0.3) is 0 Å². The molecule has 2 saturated heterocycles. The van der Waals surface area contributed by atoms with Gasteiger partial charge in [-0.15, -0.1) is 0 Å². The molecule has 0 aromatic rings. The van der Waals surface area contributed by atoms with Crippen molar-refractivity contribution in [1.82, 2.24) is 4.90 Å². The third-order valence-corrected chi connectivity index (χ3v) is 11.2. The van der Waals surface area contributed by atoms with Crippen LogP contribution in [0.3, 0.4) is 0 Å². The Labute approximate surface area is 355 Å². The second-order valence-electron chi connectivity index (χ2n) is 17.4. The Morgan fingerprint density at radius 2 is 1.70 bits per heavy atom. The summed E-state index contributed by atoms with van der Waals surface area (Å²) in [6.45, 7) is 14.0. The van der Waals surface area contributed by atoms with Crippen LogP contribution in [0.4, 0.5) is 0 Å². The Bertz CT molecular complexity index is 1460. The Balaban J connectivity index is 2.01. The maximum absolute atomic E-state index is 13.4. The lowest BCUT2D eigenvalue weighted by Gasteiger charge is -2.50.